The predicted octanol–water partition coefficient (Wildman–Crippen LogP) is 4.23. The fourth-order valence-electron chi connectivity index (χ4n) is 3.27. The molecule has 0 bridgehead atoms. The van der Waals surface area contributed by atoms with E-state index in [-0.39, 0.29) is 4.21 Å². The van der Waals surface area contributed by atoms with Crippen molar-refractivity contribution in [1.29, 1.82) is 0 Å². The first-order chi connectivity index (χ1) is 12.0. The Hall–Kier alpha value is -1.86. The van der Waals surface area contributed by atoms with Crippen LogP contribution in [0.4, 0.5) is 4.79 Å². The molecule has 0 aliphatic heterocycles. The zero-order valence-corrected chi connectivity index (χ0v) is 15.6. The third-order valence-electron chi connectivity index (χ3n) is 4.46. The van der Waals surface area contributed by atoms with E-state index in [4.69, 9.17) is 0 Å². The molecule has 0 unspecified atom stereocenters. The predicted molar refractivity (Wildman–Crippen MR) is 99.7 cm³/mol. The van der Waals surface area contributed by atoms with Crippen LogP contribution in [0.1, 0.15) is 44.9 Å². The highest BCUT2D eigenvalue weighted by Crippen LogP contribution is 2.36. The molecule has 2 aliphatic carbocycles. The number of allylic oxidation sites excluding steroid dienone is 4. The van der Waals surface area contributed by atoms with Gasteiger partial charge in [0.15, 0.2) is 0 Å². The summed E-state index contributed by atoms with van der Waals surface area (Å²) in [5.74, 6) is 0. The lowest BCUT2D eigenvalue weighted by Crippen LogP contribution is -2.39. The summed E-state index contributed by atoms with van der Waals surface area (Å²) in [4.78, 5) is 12.3. The van der Waals surface area contributed by atoms with Gasteiger partial charge in [-0.3, -0.25) is 0 Å². The summed E-state index contributed by atoms with van der Waals surface area (Å²) in [6, 6.07) is 2.37. The number of carbonyl (C=O) groups excluding carboxylic acids is 1. The van der Waals surface area contributed by atoms with Crippen molar-refractivity contribution in [3.63, 3.8) is 0 Å². The van der Waals surface area contributed by atoms with E-state index in [0.29, 0.717) is 5.70 Å². The SMILES string of the molecule is C=C1CCCC/C=C2/CCCC2=C1NC(=O)NS(=O)(=O)c1cccs1. The zero-order chi connectivity index (χ0) is 17.9. The molecule has 5 nitrogen and oxygen atoms in total. The van der Waals surface area contributed by atoms with Crippen LogP contribution in [-0.2, 0) is 10.0 Å². The van der Waals surface area contributed by atoms with Crippen molar-refractivity contribution in [1.82, 2.24) is 10.0 Å². The van der Waals surface area contributed by atoms with Gasteiger partial charge in [0.05, 0.1) is 0 Å². The van der Waals surface area contributed by atoms with Gasteiger partial charge < -0.3 is 5.32 Å². The third kappa shape index (κ3) is 4.22. The Bertz CT molecular complexity index is 834. The van der Waals surface area contributed by atoms with E-state index in [9.17, 15) is 13.2 Å². The van der Waals surface area contributed by atoms with Gasteiger partial charge in [0.1, 0.15) is 4.21 Å². The molecule has 2 N–H and O–H groups in total. The summed E-state index contributed by atoms with van der Waals surface area (Å²) in [6.07, 6.45) is 9.15. The topological polar surface area (TPSA) is 75.3 Å². The maximum atomic E-state index is 12.3. The van der Waals surface area contributed by atoms with Crippen LogP contribution in [0, 0.1) is 0 Å². The first-order valence-corrected chi connectivity index (χ1v) is 10.8. The molecule has 2 aliphatic rings. The van der Waals surface area contributed by atoms with Gasteiger partial charge in [-0.2, -0.15) is 0 Å². The molecule has 1 heterocycles. The summed E-state index contributed by atoms with van der Waals surface area (Å²) in [6.45, 7) is 4.12. The average Bonchev–Trinajstić information content (AvgIpc) is 3.22. The molecular formula is C18H22N2O3S2. The second-order valence-electron chi connectivity index (χ2n) is 6.28. The Morgan fingerprint density at radius 2 is 2.00 bits per heavy atom. The number of carbonyl (C=O) groups is 1. The van der Waals surface area contributed by atoms with Crippen LogP contribution in [0.2, 0.25) is 0 Å². The molecule has 1 saturated carbocycles. The van der Waals surface area contributed by atoms with Crippen LogP contribution >= 0.6 is 11.3 Å². The van der Waals surface area contributed by atoms with Gasteiger partial charge in [-0.1, -0.05) is 18.7 Å². The number of thiophene rings is 1. The molecule has 134 valence electrons. The highest BCUT2D eigenvalue weighted by Gasteiger charge is 2.24. The molecule has 3 rings (SSSR count). The molecule has 1 fully saturated rings. The van der Waals surface area contributed by atoms with Crippen molar-refractivity contribution in [2.45, 2.75) is 49.2 Å². The lowest BCUT2D eigenvalue weighted by molar-refractivity contribution is 0.248. The van der Waals surface area contributed by atoms with E-state index in [2.05, 4.69) is 22.7 Å². The van der Waals surface area contributed by atoms with E-state index in [1.807, 2.05) is 0 Å². The number of rotatable bonds is 3. The smallest absolute Gasteiger partial charge is 0.307 e. The Morgan fingerprint density at radius 1 is 1.16 bits per heavy atom. The molecule has 25 heavy (non-hydrogen) atoms. The molecule has 7 heteroatoms. The normalized spacial score (nSPS) is 20.8. The second-order valence-corrected chi connectivity index (χ2v) is 9.13. The Kier molecular flexibility index (Phi) is 5.44. The van der Waals surface area contributed by atoms with Gasteiger partial charge in [-0.15, -0.1) is 11.3 Å². The fraction of sp³-hybridized carbons (Fsp3) is 0.389. The average molecular weight is 379 g/mol. The van der Waals surface area contributed by atoms with Gasteiger partial charge in [0.25, 0.3) is 10.0 Å². The van der Waals surface area contributed by atoms with E-state index in [1.165, 1.54) is 11.6 Å². The fourth-order valence-corrected chi connectivity index (χ4v) is 5.17. The number of hydrogen-bond donors (Lipinski definition) is 2. The lowest BCUT2D eigenvalue weighted by atomic mass is 10.0. The van der Waals surface area contributed by atoms with E-state index in [0.717, 1.165) is 67.4 Å². The van der Waals surface area contributed by atoms with Crippen molar-refractivity contribution in [2.24, 2.45) is 0 Å². The van der Waals surface area contributed by atoms with Crippen molar-refractivity contribution < 1.29 is 13.2 Å². The van der Waals surface area contributed by atoms with Crippen molar-refractivity contribution in [3.8, 4) is 0 Å². The summed E-state index contributed by atoms with van der Waals surface area (Å²) in [5.41, 5.74) is 3.94. The van der Waals surface area contributed by atoms with Gasteiger partial charge in [-0.25, -0.2) is 17.9 Å². The van der Waals surface area contributed by atoms with Crippen LogP contribution in [0.25, 0.3) is 0 Å². The maximum absolute atomic E-state index is 12.3. The quantitative estimate of drug-likeness (QED) is 0.826. The highest BCUT2D eigenvalue weighted by molar-refractivity contribution is 7.92. The largest absolute Gasteiger partial charge is 0.333 e. The van der Waals surface area contributed by atoms with Crippen molar-refractivity contribution in [3.05, 3.63) is 52.6 Å². The minimum Gasteiger partial charge on any atom is -0.307 e. The highest BCUT2D eigenvalue weighted by atomic mass is 32.2. The van der Waals surface area contributed by atoms with Crippen molar-refractivity contribution in [2.75, 3.05) is 0 Å². The minimum absolute atomic E-state index is 0.120. The summed E-state index contributed by atoms with van der Waals surface area (Å²) < 4.78 is 26.7. The van der Waals surface area contributed by atoms with Crippen LogP contribution < -0.4 is 10.0 Å². The third-order valence-corrected chi connectivity index (χ3v) is 7.19. The summed E-state index contributed by atoms with van der Waals surface area (Å²) in [5, 5.41) is 4.43. The van der Waals surface area contributed by atoms with Gasteiger partial charge in [0.2, 0.25) is 0 Å². The van der Waals surface area contributed by atoms with E-state index >= 15 is 0 Å². The molecule has 2 amide bonds. The second kappa shape index (κ2) is 7.58. The zero-order valence-electron chi connectivity index (χ0n) is 14.0. The Morgan fingerprint density at radius 3 is 2.76 bits per heavy atom. The molecular weight excluding hydrogens is 356 g/mol. The minimum atomic E-state index is -3.84. The molecule has 0 atom stereocenters. The standard InChI is InChI=1S/C18H22N2O3S2/c1-13-7-3-2-4-8-14-9-5-10-15(14)17(13)19-18(21)20-25(22,23)16-11-6-12-24-16/h6,8,11-12H,1-5,7,9-10H2,(H2,19,20,21)/b14-8-,17-15?. The molecule has 0 radical (unpaired) electrons. The lowest BCUT2D eigenvalue weighted by Gasteiger charge is -2.16. The molecule has 1 aromatic rings. The monoisotopic (exact) mass is 378 g/mol. The molecule has 1 aromatic heterocycles. The van der Waals surface area contributed by atoms with E-state index < -0.39 is 16.1 Å². The number of fused-ring (bicyclic) bond motifs is 1. The molecule has 0 spiro atoms. The van der Waals surface area contributed by atoms with Gasteiger partial charge in [0, 0.05) is 5.70 Å². The van der Waals surface area contributed by atoms with E-state index in [1.54, 1.807) is 11.4 Å². The molecule has 0 aromatic carbocycles. The first kappa shape index (κ1) is 17.9. The van der Waals surface area contributed by atoms with Crippen LogP contribution in [-0.4, -0.2) is 14.4 Å². The number of sulfonamides is 1. The van der Waals surface area contributed by atoms with Gasteiger partial charge >= 0.3 is 6.03 Å². The van der Waals surface area contributed by atoms with Crippen LogP contribution in [0.3, 0.4) is 0 Å². The van der Waals surface area contributed by atoms with Gasteiger partial charge in [-0.05, 0) is 73.1 Å². The van der Waals surface area contributed by atoms with Crippen LogP contribution in [0.15, 0.2) is 56.8 Å². The Labute approximate surface area is 152 Å². The summed E-state index contributed by atoms with van der Waals surface area (Å²) in [7, 11) is -3.84. The number of hydrogen-bond acceptors (Lipinski definition) is 4. The number of amides is 2. The van der Waals surface area contributed by atoms with Crippen LogP contribution in [0.5, 0.6) is 0 Å². The molecule has 0 saturated heterocycles. The number of nitrogens with one attached hydrogen (secondary N) is 2. The van der Waals surface area contributed by atoms with Crippen molar-refractivity contribution >= 4 is 27.4 Å². The summed E-state index contributed by atoms with van der Waals surface area (Å²) >= 11 is 1.07. The number of urea groups is 1. The maximum Gasteiger partial charge on any atom is 0.333 e. The Balaban J connectivity index is 1.82. The first-order valence-electron chi connectivity index (χ1n) is 8.45.